The standard InChI is InChI=1S/C17H31N3/c1-5-11-18-16(15-8-12-20(4)19-15)17(13-14(2)3)9-6-7-10-17/h8,12,14,16,18H,5-7,9-11,13H2,1-4H3. The van der Waals surface area contributed by atoms with Crippen molar-refractivity contribution in [2.45, 2.75) is 65.3 Å². The van der Waals surface area contributed by atoms with Gasteiger partial charge in [0.05, 0.1) is 11.7 Å². The monoisotopic (exact) mass is 277 g/mol. The highest BCUT2D eigenvalue weighted by Gasteiger charge is 2.42. The van der Waals surface area contributed by atoms with Gasteiger partial charge in [0, 0.05) is 13.2 Å². The molecule has 1 fully saturated rings. The number of nitrogens with one attached hydrogen (secondary N) is 1. The lowest BCUT2D eigenvalue weighted by Crippen LogP contribution is -2.38. The Morgan fingerprint density at radius 1 is 1.35 bits per heavy atom. The van der Waals surface area contributed by atoms with Gasteiger partial charge in [0.15, 0.2) is 0 Å². The molecule has 0 bridgehead atoms. The minimum Gasteiger partial charge on any atom is -0.308 e. The molecule has 0 aliphatic heterocycles. The Balaban J connectivity index is 2.26. The molecule has 0 saturated heterocycles. The van der Waals surface area contributed by atoms with Crippen molar-refractivity contribution in [3.05, 3.63) is 18.0 Å². The van der Waals surface area contributed by atoms with Crippen LogP contribution >= 0.6 is 0 Å². The van der Waals surface area contributed by atoms with Crippen molar-refractivity contribution in [3.63, 3.8) is 0 Å². The molecule has 1 aromatic rings. The second-order valence-corrected chi connectivity index (χ2v) is 6.97. The Morgan fingerprint density at radius 2 is 2.05 bits per heavy atom. The molecule has 1 atom stereocenters. The maximum absolute atomic E-state index is 4.71. The predicted molar refractivity (Wildman–Crippen MR) is 84.6 cm³/mol. The lowest BCUT2D eigenvalue weighted by atomic mass is 9.71. The zero-order chi connectivity index (χ0) is 14.6. The Morgan fingerprint density at radius 3 is 2.55 bits per heavy atom. The van der Waals surface area contributed by atoms with Crippen LogP contribution in [0.15, 0.2) is 12.3 Å². The van der Waals surface area contributed by atoms with Crippen LogP contribution < -0.4 is 5.32 Å². The van der Waals surface area contributed by atoms with Gasteiger partial charge in [-0.1, -0.05) is 33.6 Å². The molecule has 2 rings (SSSR count). The Bertz CT molecular complexity index is 402. The van der Waals surface area contributed by atoms with Crippen molar-refractivity contribution in [2.24, 2.45) is 18.4 Å². The lowest BCUT2D eigenvalue weighted by Gasteiger charge is -2.39. The molecule has 3 nitrogen and oxygen atoms in total. The van der Waals surface area contributed by atoms with Crippen LogP contribution in [0.5, 0.6) is 0 Å². The van der Waals surface area contributed by atoms with Gasteiger partial charge in [0.2, 0.25) is 0 Å². The molecule has 114 valence electrons. The fraction of sp³-hybridized carbons (Fsp3) is 0.824. The maximum atomic E-state index is 4.71. The Kier molecular flexibility index (Phi) is 5.25. The highest BCUT2D eigenvalue weighted by Crippen LogP contribution is 2.51. The molecule has 1 saturated carbocycles. The van der Waals surface area contributed by atoms with Crippen LogP contribution in [0, 0.1) is 11.3 Å². The first-order valence-corrected chi connectivity index (χ1v) is 8.30. The van der Waals surface area contributed by atoms with Crippen LogP contribution in [-0.4, -0.2) is 16.3 Å². The zero-order valence-corrected chi connectivity index (χ0v) is 13.7. The number of aromatic nitrogens is 2. The number of hydrogen-bond acceptors (Lipinski definition) is 2. The van der Waals surface area contributed by atoms with Gasteiger partial charge in [0.25, 0.3) is 0 Å². The second-order valence-electron chi connectivity index (χ2n) is 6.97. The number of aryl methyl sites for hydroxylation is 1. The van der Waals surface area contributed by atoms with Crippen LogP contribution in [0.2, 0.25) is 0 Å². The van der Waals surface area contributed by atoms with Crippen LogP contribution in [0.1, 0.15) is 71.0 Å². The van der Waals surface area contributed by atoms with E-state index in [1.807, 2.05) is 11.7 Å². The predicted octanol–water partition coefficient (Wildman–Crippen LogP) is 4.07. The maximum Gasteiger partial charge on any atom is 0.0799 e. The van der Waals surface area contributed by atoms with E-state index in [0.29, 0.717) is 11.5 Å². The van der Waals surface area contributed by atoms with E-state index in [2.05, 4.69) is 38.4 Å². The molecule has 1 unspecified atom stereocenters. The van der Waals surface area contributed by atoms with Crippen LogP contribution in [-0.2, 0) is 7.05 Å². The average molecular weight is 277 g/mol. The van der Waals surface area contributed by atoms with Crippen molar-refractivity contribution in [1.29, 1.82) is 0 Å². The molecule has 1 heterocycles. The van der Waals surface area contributed by atoms with Crippen LogP contribution in [0.25, 0.3) is 0 Å². The summed E-state index contributed by atoms with van der Waals surface area (Å²) in [5.74, 6) is 0.753. The summed E-state index contributed by atoms with van der Waals surface area (Å²) in [6.07, 6.45) is 10.0. The first kappa shape index (κ1) is 15.6. The summed E-state index contributed by atoms with van der Waals surface area (Å²) < 4.78 is 1.94. The highest BCUT2D eigenvalue weighted by molar-refractivity contribution is 5.12. The molecule has 0 aromatic carbocycles. The molecule has 3 heteroatoms. The second kappa shape index (κ2) is 6.75. The summed E-state index contributed by atoms with van der Waals surface area (Å²) in [6.45, 7) is 8.04. The SMILES string of the molecule is CCCNC(c1ccn(C)n1)C1(CC(C)C)CCCC1. The molecule has 20 heavy (non-hydrogen) atoms. The third kappa shape index (κ3) is 3.43. The van der Waals surface area contributed by atoms with Gasteiger partial charge in [-0.2, -0.15) is 5.10 Å². The van der Waals surface area contributed by atoms with Crippen molar-refractivity contribution >= 4 is 0 Å². The van der Waals surface area contributed by atoms with Crippen molar-refractivity contribution < 1.29 is 0 Å². The third-order valence-corrected chi connectivity index (χ3v) is 4.65. The first-order valence-electron chi connectivity index (χ1n) is 8.30. The summed E-state index contributed by atoms with van der Waals surface area (Å²) in [4.78, 5) is 0. The summed E-state index contributed by atoms with van der Waals surface area (Å²) >= 11 is 0. The van der Waals surface area contributed by atoms with E-state index in [1.54, 1.807) is 0 Å². The molecule has 1 aliphatic carbocycles. The largest absolute Gasteiger partial charge is 0.308 e. The first-order chi connectivity index (χ1) is 9.57. The Hall–Kier alpha value is -0.830. The van der Waals surface area contributed by atoms with E-state index in [4.69, 9.17) is 5.10 Å². The zero-order valence-electron chi connectivity index (χ0n) is 13.7. The molecule has 1 N–H and O–H groups in total. The summed E-state index contributed by atoms with van der Waals surface area (Å²) in [5.41, 5.74) is 1.65. The molecule has 1 aromatic heterocycles. The van der Waals surface area contributed by atoms with E-state index in [0.717, 1.165) is 12.5 Å². The van der Waals surface area contributed by atoms with Gasteiger partial charge in [-0.05, 0) is 49.6 Å². The number of hydrogen-bond donors (Lipinski definition) is 1. The van der Waals surface area contributed by atoms with Crippen molar-refractivity contribution in [3.8, 4) is 0 Å². The molecule has 0 amide bonds. The van der Waals surface area contributed by atoms with Crippen molar-refractivity contribution in [2.75, 3.05) is 6.54 Å². The number of nitrogens with zero attached hydrogens (tertiary/aromatic N) is 2. The van der Waals surface area contributed by atoms with Gasteiger partial charge < -0.3 is 5.32 Å². The van der Waals surface area contributed by atoms with Gasteiger partial charge in [-0.25, -0.2) is 0 Å². The quantitative estimate of drug-likeness (QED) is 0.814. The van der Waals surface area contributed by atoms with Gasteiger partial charge >= 0.3 is 0 Å². The molecule has 1 aliphatic rings. The van der Waals surface area contributed by atoms with Crippen LogP contribution in [0.4, 0.5) is 0 Å². The molecular weight excluding hydrogens is 246 g/mol. The topological polar surface area (TPSA) is 29.9 Å². The van der Waals surface area contributed by atoms with Gasteiger partial charge in [0.1, 0.15) is 0 Å². The van der Waals surface area contributed by atoms with Crippen LogP contribution in [0.3, 0.4) is 0 Å². The molecular formula is C17H31N3. The average Bonchev–Trinajstić information content (AvgIpc) is 3.00. The Labute approximate surface area is 124 Å². The van der Waals surface area contributed by atoms with Gasteiger partial charge in [-0.3, -0.25) is 4.68 Å². The van der Waals surface area contributed by atoms with E-state index in [9.17, 15) is 0 Å². The third-order valence-electron chi connectivity index (χ3n) is 4.65. The fourth-order valence-electron chi connectivity index (χ4n) is 4.01. The smallest absolute Gasteiger partial charge is 0.0799 e. The van der Waals surface area contributed by atoms with E-state index >= 15 is 0 Å². The lowest BCUT2D eigenvalue weighted by molar-refractivity contribution is 0.152. The van der Waals surface area contributed by atoms with E-state index in [1.165, 1.54) is 44.2 Å². The minimum absolute atomic E-state index is 0.414. The summed E-state index contributed by atoms with van der Waals surface area (Å²) in [7, 11) is 2.02. The minimum atomic E-state index is 0.414. The highest BCUT2D eigenvalue weighted by atomic mass is 15.3. The van der Waals surface area contributed by atoms with Gasteiger partial charge in [-0.15, -0.1) is 0 Å². The molecule has 0 radical (unpaired) electrons. The molecule has 0 spiro atoms. The normalized spacial score (nSPS) is 19.6. The summed E-state index contributed by atoms with van der Waals surface area (Å²) in [5, 5.41) is 8.53. The fourth-order valence-corrected chi connectivity index (χ4v) is 4.01. The van der Waals surface area contributed by atoms with E-state index < -0.39 is 0 Å². The van der Waals surface area contributed by atoms with E-state index in [-0.39, 0.29) is 0 Å². The number of rotatable bonds is 7. The summed E-state index contributed by atoms with van der Waals surface area (Å²) in [6, 6.07) is 2.63. The van der Waals surface area contributed by atoms with Crippen molar-refractivity contribution in [1.82, 2.24) is 15.1 Å².